The van der Waals surface area contributed by atoms with Crippen molar-refractivity contribution in [3.63, 3.8) is 0 Å². The summed E-state index contributed by atoms with van der Waals surface area (Å²) >= 11 is 11.7. The third-order valence-corrected chi connectivity index (χ3v) is 3.86. The summed E-state index contributed by atoms with van der Waals surface area (Å²) in [6.07, 6.45) is -0.387. The highest BCUT2D eigenvalue weighted by Gasteiger charge is 2.27. The molecule has 0 aromatic heterocycles. The van der Waals surface area contributed by atoms with Gasteiger partial charge in [0.1, 0.15) is 0 Å². The number of hydrogen-bond donors (Lipinski definition) is 2. The Labute approximate surface area is 132 Å². The molecule has 0 spiro atoms. The molecule has 0 saturated carbocycles. The summed E-state index contributed by atoms with van der Waals surface area (Å²) < 4.78 is 0. The van der Waals surface area contributed by atoms with Gasteiger partial charge in [-0.05, 0) is 30.2 Å². The van der Waals surface area contributed by atoms with E-state index in [-0.39, 0.29) is 11.9 Å². The number of rotatable bonds is 3. The minimum absolute atomic E-state index is 0.0580. The minimum Gasteiger partial charge on any atom is -0.378 e. The third kappa shape index (κ3) is 4.09. The van der Waals surface area contributed by atoms with E-state index < -0.39 is 12.0 Å². The molecule has 2 N–H and O–H groups in total. The third-order valence-electron chi connectivity index (χ3n) is 3.42. The van der Waals surface area contributed by atoms with Crippen molar-refractivity contribution in [3.8, 4) is 0 Å². The second-order valence-corrected chi connectivity index (χ2v) is 6.00. The van der Waals surface area contributed by atoms with Crippen LogP contribution < -0.4 is 5.32 Å². The number of amides is 2. The van der Waals surface area contributed by atoms with E-state index in [9.17, 15) is 14.7 Å². The van der Waals surface area contributed by atoms with Crippen LogP contribution >= 0.6 is 23.2 Å². The maximum atomic E-state index is 12.1. The zero-order valence-electron chi connectivity index (χ0n) is 11.5. The van der Waals surface area contributed by atoms with Crippen molar-refractivity contribution >= 4 is 35.0 Å². The molecule has 1 aromatic rings. The molecular formula is C14H16Cl2N2O3. The van der Waals surface area contributed by atoms with Crippen molar-refractivity contribution < 1.29 is 14.7 Å². The summed E-state index contributed by atoms with van der Waals surface area (Å²) in [4.78, 5) is 25.0. The SMILES string of the molecule is CN1CC(NC(=O)C(O)c2cc(Cl)cc(Cl)c2)CCC1=O. The van der Waals surface area contributed by atoms with Crippen LogP contribution in [0, 0.1) is 0 Å². The lowest BCUT2D eigenvalue weighted by Gasteiger charge is -2.30. The molecule has 0 aliphatic carbocycles. The Bertz CT molecular complexity index is 545. The number of halogens is 2. The smallest absolute Gasteiger partial charge is 0.253 e. The fourth-order valence-corrected chi connectivity index (χ4v) is 2.84. The van der Waals surface area contributed by atoms with Crippen molar-refractivity contribution in [1.29, 1.82) is 0 Å². The Balaban J connectivity index is 2.01. The number of likely N-dealkylation sites (N-methyl/N-ethyl adjacent to an activating group) is 1. The van der Waals surface area contributed by atoms with E-state index in [2.05, 4.69) is 5.32 Å². The second kappa shape index (κ2) is 6.64. The van der Waals surface area contributed by atoms with E-state index in [4.69, 9.17) is 23.2 Å². The van der Waals surface area contributed by atoms with E-state index in [0.717, 1.165) is 0 Å². The van der Waals surface area contributed by atoms with Gasteiger partial charge in [-0.2, -0.15) is 0 Å². The first-order valence-corrected chi connectivity index (χ1v) is 7.31. The molecule has 1 aliphatic heterocycles. The minimum atomic E-state index is -1.34. The molecule has 7 heteroatoms. The van der Waals surface area contributed by atoms with Gasteiger partial charge in [-0.1, -0.05) is 23.2 Å². The summed E-state index contributed by atoms with van der Waals surface area (Å²) in [5, 5.41) is 13.5. The zero-order chi connectivity index (χ0) is 15.6. The summed E-state index contributed by atoms with van der Waals surface area (Å²) in [5.41, 5.74) is 0.338. The van der Waals surface area contributed by atoms with E-state index >= 15 is 0 Å². The number of nitrogens with zero attached hydrogens (tertiary/aromatic N) is 1. The van der Waals surface area contributed by atoms with Crippen LogP contribution in [0.5, 0.6) is 0 Å². The molecule has 1 aliphatic rings. The van der Waals surface area contributed by atoms with Gasteiger partial charge < -0.3 is 15.3 Å². The van der Waals surface area contributed by atoms with Crippen molar-refractivity contribution in [2.75, 3.05) is 13.6 Å². The number of likely N-dealkylation sites (tertiary alicyclic amines) is 1. The molecule has 1 fully saturated rings. The normalized spacial score (nSPS) is 20.3. The Hall–Kier alpha value is -1.30. The lowest BCUT2D eigenvalue weighted by molar-refractivity contribution is -0.136. The Morgan fingerprint density at radius 3 is 2.57 bits per heavy atom. The Morgan fingerprint density at radius 2 is 2.00 bits per heavy atom. The molecule has 0 bridgehead atoms. The highest BCUT2D eigenvalue weighted by Crippen LogP contribution is 2.24. The highest BCUT2D eigenvalue weighted by atomic mass is 35.5. The van der Waals surface area contributed by atoms with Gasteiger partial charge in [0.05, 0.1) is 0 Å². The van der Waals surface area contributed by atoms with E-state index in [1.807, 2.05) is 0 Å². The fraction of sp³-hybridized carbons (Fsp3) is 0.429. The molecule has 2 rings (SSSR count). The van der Waals surface area contributed by atoms with Gasteiger partial charge >= 0.3 is 0 Å². The van der Waals surface area contributed by atoms with Gasteiger partial charge in [-0.15, -0.1) is 0 Å². The summed E-state index contributed by atoms with van der Waals surface area (Å²) in [6.45, 7) is 0.438. The molecule has 0 radical (unpaired) electrons. The average Bonchev–Trinajstić information content (AvgIpc) is 2.41. The first-order chi connectivity index (χ1) is 9.86. The Morgan fingerprint density at radius 1 is 1.38 bits per heavy atom. The molecular weight excluding hydrogens is 315 g/mol. The molecule has 2 unspecified atom stereocenters. The average molecular weight is 331 g/mol. The van der Waals surface area contributed by atoms with Gasteiger partial charge in [-0.25, -0.2) is 0 Å². The molecule has 5 nitrogen and oxygen atoms in total. The van der Waals surface area contributed by atoms with Gasteiger partial charge in [0.15, 0.2) is 6.10 Å². The van der Waals surface area contributed by atoms with Crippen LogP contribution in [0.25, 0.3) is 0 Å². The first kappa shape index (κ1) is 16.1. The Kier molecular flexibility index (Phi) is 5.08. The maximum absolute atomic E-state index is 12.1. The van der Waals surface area contributed by atoms with Gasteiger partial charge in [0.25, 0.3) is 5.91 Å². The lowest BCUT2D eigenvalue weighted by Crippen LogP contribution is -2.49. The lowest BCUT2D eigenvalue weighted by atomic mass is 10.0. The van der Waals surface area contributed by atoms with Crippen molar-refractivity contribution in [2.24, 2.45) is 0 Å². The predicted octanol–water partition coefficient (Wildman–Crippen LogP) is 1.76. The van der Waals surface area contributed by atoms with Crippen LogP contribution in [0.1, 0.15) is 24.5 Å². The van der Waals surface area contributed by atoms with Gasteiger partial charge in [0.2, 0.25) is 5.91 Å². The molecule has 114 valence electrons. The van der Waals surface area contributed by atoms with Crippen molar-refractivity contribution in [1.82, 2.24) is 10.2 Å². The van der Waals surface area contributed by atoms with Crippen LogP contribution in [-0.2, 0) is 9.59 Å². The number of aliphatic hydroxyl groups excluding tert-OH is 1. The van der Waals surface area contributed by atoms with Crippen molar-refractivity contribution in [2.45, 2.75) is 25.0 Å². The molecule has 2 atom stereocenters. The molecule has 1 heterocycles. The number of hydrogen-bond acceptors (Lipinski definition) is 3. The summed E-state index contributed by atoms with van der Waals surface area (Å²) in [7, 11) is 1.69. The topological polar surface area (TPSA) is 69.6 Å². The summed E-state index contributed by atoms with van der Waals surface area (Å²) in [5.74, 6) is -0.469. The number of benzene rings is 1. The quantitative estimate of drug-likeness (QED) is 0.887. The van der Waals surface area contributed by atoms with E-state index in [1.165, 1.54) is 18.2 Å². The van der Waals surface area contributed by atoms with Crippen LogP contribution in [0.3, 0.4) is 0 Å². The number of carbonyl (C=O) groups excluding carboxylic acids is 2. The van der Waals surface area contributed by atoms with Crippen LogP contribution in [-0.4, -0.2) is 41.5 Å². The van der Waals surface area contributed by atoms with E-state index in [1.54, 1.807) is 11.9 Å². The van der Waals surface area contributed by atoms with Crippen LogP contribution in [0.2, 0.25) is 10.0 Å². The number of nitrogens with one attached hydrogen (secondary N) is 1. The largest absolute Gasteiger partial charge is 0.378 e. The van der Waals surface area contributed by atoms with E-state index in [0.29, 0.717) is 35.0 Å². The van der Waals surface area contributed by atoms with Crippen molar-refractivity contribution in [3.05, 3.63) is 33.8 Å². The summed E-state index contributed by atoms with van der Waals surface area (Å²) in [6, 6.07) is 4.35. The van der Waals surface area contributed by atoms with Crippen LogP contribution in [0.15, 0.2) is 18.2 Å². The standard InChI is InChI=1S/C14H16Cl2N2O3/c1-18-7-11(2-3-12(18)19)17-14(21)13(20)8-4-9(15)6-10(16)5-8/h4-6,11,13,20H,2-3,7H2,1H3,(H,17,21). The van der Waals surface area contributed by atoms with Gasteiger partial charge in [-0.3, -0.25) is 9.59 Å². The zero-order valence-corrected chi connectivity index (χ0v) is 13.0. The van der Waals surface area contributed by atoms with Crippen LogP contribution in [0.4, 0.5) is 0 Å². The highest BCUT2D eigenvalue weighted by molar-refractivity contribution is 6.34. The second-order valence-electron chi connectivity index (χ2n) is 5.12. The molecule has 1 aromatic carbocycles. The molecule has 1 saturated heterocycles. The molecule has 2 amide bonds. The maximum Gasteiger partial charge on any atom is 0.253 e. The monoisotopic (exact) mass is 330 g/mol. The number of piperidine rings is 1. The van der Waals surface area contributed by atoms with Gasteiger partial charge in [0, 0.05) is 36.1 Å². The fourth-order valence-electron chi connectivity index (χ4n) is 2.29. The first-order valence-electron chi connectivity index (χ1n) is 6.55. The number of carbonyl (C=O) groups is 2. The molecule has 21 heavy (non-hydrogen) atoms. The number of aliphatic hydroxyl groups is 1. The predicted molar refractivity (Wildman–Crippen MR) is 80.2 cm³/mol.